The molecule has 0 spiro atoms. The van der Waals surface area contributed by atoms with E-state index >= 15 is 0 Å². The van der Waals surface area contributed by atoms with E-state index in [1.54, 1.807) is 0 Å². The largest absolute Gasteiger partial charge is 0.454 e. The van der Waals surface area contributed by atoms with Crippen LogP contribution in [0.15, 0.2) is 12.1 Å². The fourth-order valence-corrected chi connectivity index (χ4v) is 1.94. The Morgan fingerprint density at radius 1 is 1.21 bits per heavy atom. The summed E-state index contributed by atoms with van der Waals surface area (Å²) >= 11 is 4.56. The van der Waals surface area contributed by atoms with E-state index in [0.29, 0.717) is 6.79 Å². The maximum Gasteiger partial charge on any atom is 0.231 e. The molecule has 0 atom stereocenters. The molecular weight excluding hydrogens is 196 g/mol. The summed E-state index contributed by atoms with van der Waals surface area (Å²) in [6, 6.07) is 4.03. The highest BCUT2D eigenvalue weighted by Crippen LogP contribution is 2.39. The Kier molecular flexibility index (Phi) is 2.14. The first-order valence-corrected chi connectivity index (χ1v) is 5.06. The van der Waals surface area contributed by atoms with Crippen molar-refractivity contribution in [3.05, 3.63) is 23.3 Å². The summed E-state index contributed by atoms with van der Waals surface area (Å²) in [5.74, 6) is 1.66. The van der Waals surface area contributed by atoms with Gasteiger partial charge < -0.3 is 9.47 Å². The molecular formula is C11H14O2S. The van der Waals surface area contributed by atoms with Crippen LogP contribution in [0.4, 0.5) is 0 Å². The molecule has 1 aromatic carbocycles. The lowest BCUT2D eigenvalue weighted by atomic mass is 9.96. The Balaban J connectivity index is 2.53. The van der Waals surface area contributed by atoms with Gasteiger partial charge in [-0.3, -0.25) is 0 Å². The quantitative estimate of drug-likeness (QED) is 0.718. The van der Waals surface area contributed by atoms with Gasteiger partial charge in [-0.25, -0.2) is 0 Å². The maximum absolute atomic E-state index is 5.33. The molecule has 0 aliphatic carbocycles. The normalized spacial score (nSPS) is 14.6. The van der Waals surface area contributed by atoms with Gasteiger partial charge in [0.15, 0.2) is 11.5 Å². The average Bonchev–Trinajstić information content (AvgIpc) is 2.47. The molecule has 0 radical (unpaired) electrons. The van der Waals surface area contributed by atoms with Crippen molar-refractivity contribution < 1.29 is 9.47 Å². The minimum atomic E-state index is -0.148. The van der Waals surface area contributed by atoms with Crippen molar-refractivity contribution in [3.8, 4) is 11.5 Å². The van der Waals surface area contributed by atoms with E-state index in [1.165, 1.54) is 11.1 Å². The topological polar surface area (TPSA) is 18.5 Å². The van der Waals surface area contributed by atoms with Crippen molar-refractivity contribution in [1.29, 1.82) is 0 Å². The number of thiol groups is 1. The lowest BCUT2D eigenvalue weighted by molar-refractivity contribution is 0.174. The molecule has 2 nitrogen and oxygen atoms in total. The first-order valence-electron chi connectivity index (χ1n) is 4.61. The number of benzene rings is 1. The summed E-state index contributed by atoms with van der Waals surface area (Å²) in [6.45, 7) is 6.53. The molecule has 14 heavy (non-hydrogen) atoms. The van der Waals surface area contributed by atoms with Gasteiger partial charge >= 0.3 is 0 Å². The van der Waals surface area contributed by atoms with Crippen molar-refractivity contribution in [2.45, 2.75) is 25.5 Å². The van der Waals surface area contributed by atoms with Gasteiger partial charge in [-0.15, -0.1) is 0 Å². The summed E-state index contributed by atoms with van der Waals surface area (Å²) in [6.07, 6.45) is 0. The molecule has 0 aromatic heterocycles. The molecule has 0 fully saturated rings. The van der Waals surface area contributed by atoms with Crippen LogP contribution < -0.4 is 9.47 Å². The minimum absolute atomic E-state index is 0.148. The molecule has 1 heterocycles. The van der Waals surface area contributed by atoms with Crippen molar-refractivity contribution in [1.82, 2.24) is 0 Å². The Morgan fingerprint density at radius 3 is 2.36 bits per heavy atom. The second kappa shape index (κ2) is 3.09. The summed E-state index contributed by atoms with van der Waals surface area (Å²) in [5.41, 5.74) is 2.37. The zero-order valence-corrected chi connectivity index (χ0v) is 9.52. The van der Waals surface area contributed by atoms with Crippen LogP contribution in [0.1, 0.15) is 25.0 Å². The van der Waals surface area contributed by atoms with E-state index in [9.17, 15) is 0 Å². The zero-order valence-electron chi connectivity index (χ0n) is 8.63. The molecule has 0 amide bonds. The number of fused-ring (bicyclic) bond motifs is 1. The fraction of sp³-hybridized carbons (Fsp3) is 0.455. The number of rotatable bonds is 1. The van der Waals surface area contributed by atoms with E-state index in [1.807, 2.05) is 12.1 Å². The third-order valence-electron chi connectivity index (χ3n) is 2.38. The van der Waals surface area contributed by atoms with E-state index in [-0.39, 0.29) is 4.75 Å². The van der Waals surface area contributed by atoms with Crippen molar-refractivity contribution in [2.75, 3.05) is 6.79 Å². The van der Waals surface area contributed by atoms with Crippen molar-refractivity contribution in [2.24, 2.45) is 0 Å². The minimum Gasteiger partial charge on any atom is -0.454 e. The van der Waals surface area contributed by atoms with Gasteiger partial charge in [0.2, 0.25) is 6.79 Å². The van der Waals surface area contributed by atoms with Gasteiger partial charge in [-0.1, -0.05) is 0 Å². The highest BCUT2D eigenvalue weighted by Gasteiger charge is 2.22. The molecule has 0 saturated heterocycles. The van der Waals surface area contributed by atoms with Gasteiger partial charge in [-0.2, -0.15) is 12.6 Å². The van der Waals surface area contributed by atoms with Gasteiger partial charge in [0.05, 0.1) is 0 Å². The smallest absolute Gasteiger partial charge is 0.231 e. The van der Waals surface area contributed by atoms with Crippen LogP contribution in [-0.4, -0.2) is 6.79 Å². The summed E-state index contributed by atoms with van der Waals surface area (Å²) in [7, 11) is 0. The monoisotopic (exact) mass is 210 g/mol. The number of hydrogen-bond donors (Lipinski definition) is 1. The third-order valence-corrected chi connectivity index (χ3v) is 2.62. The van der Waals surface area contributed by atoms with Crippen LogP contribution in [-0.2, 0) is 4.75 Å². The fourth-order valence-electron chi connectivity index (χ4n) is 1.70. The van der Waals surface area contributed by atoms with Crippen molar-refractivity contribution in [3.63, 3.8) is 0 Å². The average molecular weight is 210 g/mol. The third kappa shape index (κ3) is 1.57. The Bertz CT molecular complexity index is 366. The molecule has 0 unspecified atom stereocenters. The van der Waals surface area contributed by atoms with Gasteiger partial charge in [0.25, 0.3) is 0 Å². The first-order chi connectivity index (χ1) is 6.48. The maximum atomic E-state index is 5.33. The second-order valence-corrected chi connectivity index (χ2v) is 5.20. The summed E-state index contributed by atoms with van der Waals surface area (Å²) in [5, 5.41) is 0. The molecule has 0 bridgehead atoms. The van der Waals surface area contributed by atoms with E-state index in [0.717, 1.165) is 11.5 Å². The van der Waals surface area contributed by atoms with Crippen LogP contribution in [0, 0.1) is 6.92 Å². The number of aryl methyl sites for hydroxylation is 1. The predicted molar refractivity (Wildman–Crippen MR) is 59.3 cm³/mol. The highest BCUT2D eigenvalue weighted by molar-refractivity contribution is 7.81. The van der Waals surface area contributed by atoms with Crippen LogP contribution >= 0.6 is 12.6 Å². The lowest BCUT2D eigenvalue weighted by Gasteiger charge is -2.20. The Hall–Kier alpha value is -0.830. The van der Waals surface area contributed by atoms with Crippen LogP contribution in [0.5, 0.6) is 11.5 Å². The molecule has 1 aliphatic heterocycles. The second-order valence-electron chi connectivity index (χ2n) is 4.08. The summed E-state index contributed by atoms with van der Waals surface area (Å²) < 4.78 is 10.5. The summed E-state index contributed by atoms with van der Waals surface area (Å²) in [4.78, 5) is 0. The Labute approximate surface area is 89.6 Å². The molecule has 76 valence electrons. The molecule has 3 heteroatoms. The van der Waals surface area contributed by atoms with Crippen molar-refractivity contribution >= 4 is 12.6 Å². The van der Waals surface area contributed by atoms with Crippen LogP contribution in [0.25, 0.3) is 0 Å². The van der Waals surface area contributed by atoms with Gasteiger partial charge in [-0.05, 0) is 44.0 Å². The predicted octanol–water partition coefficient (Wildman–Crippen LogP) is 2.89. The van der Waals surface area contributed by atoms with Gasteiger partial charge in [0.1, 0.15) is 0 Å². The van der Waals surface area contributed by atoms with E-state index in [4.69, 9.17) is 9.47 Å². The lowest BCUT2D eigenvalue weighted by Crippen LogP contribution is -2.09. The number of ether oxygens (including phenoxy) is 2. The van der Waals surface area contributed by atoms with E-state index in [2.05, 4.69) is 33.4 Å². The molecule has 0 N–H and O–H groups in total. The number of hydrogen-bond acceptors (Lipinski definition) is 3. The molecule has 1 aliphatic rings. The molecule has 0 saturated carbocycles. The molecule has 1 aromatic rings. The zero-order chi connectivity index (χ0) is 10.3. The first kappa shape index (κ1) is 9.71. The van der Waals surface area contributed by atoms with Crippen LogP contribution in [0.2, 0.25) is 0 Å². The SMILES string of the molecule is Cc1cc2c(cc1C(C)(C)S)OCO2. The van der Waals surface area contributed by atoms with E-state index < -0.39 is 0 Å². The van der Waals surface area contributed by atoms with Gasteiger partial charge in [0, 0.05) is 4.75 Å². The Morgan fingerprint density at radius 2 is 1.79 bits per heavy atom. The van der Waals surface area contributed by atoms with Crippen LogP contribution in [0.3, 0.4) is 0 Å². The molecule has 2 rings (SSSR count). The highest BCUT2D eigenvalue weighted by atomic mass is 32.1. The standard InChI is InChI=1S/C11H14O2S/c1-7-4-9-10(13-6-12-9)5-8(7)11(2,3)14/h4-5,14H,6H2,1-3H3.